The number of nitrogens with zero attached hydrogens (tertiary/aromatic N) is 1. The molecule has 2 aliphatic rings. The van der Waals surface area contributed by atoms with Crippen LogP contribution in [-0.2, 0) is 19.1 Å². The Morgan fingerprint density at radius 1 is 1.59 bits per heavy atom. The molecule has 1 fully saturated rings. The Bertz CT molecular complexity index is 422. The normalized spacial score (nSPS) is 31.0. The van der Waals surface area contributed by atoms with Gasteiger partial charge in [-0.05, 0) is 26.3 Å². The van der Waals surface area contributed by atoms with Crippen molar-refractivity contribution in [1.82, 2.24) is 0 Å². The molecule has 2 aliphatic heterocycles. The highest BCUT2D eigenvalue weighted by Gasteiger charge is 2.41. The second kappa shape index (κ2) is 4.16. The summed E-state index contributed by atoms with van der Waals surface area (Å²) in [5, 5.41) is 0. The van der Waals surface area contributed by atoms with Gasteiger partial charge < -0.3 is 9.47 Å². The first-order valence-electron chi connectivity index (χ1n) is 5.48. The van der Waals surface area contributed by atoms with Crippen LogP contribution < -0.4 is 0 Å². The van der Waals surface area contributed by atoms with Gasteiger partial charge in [0.2, 0.25) is 0 Å². The van der Waals surface area contributed by atoms with E-state index in [2.05, 4.69) is 4.99 Å². The molecule has 0 aromatic heterocycles. The van der Waals surface area contributed by atoms with Gasteiger partial charge in [-0.2, -0.15) is 0 Å². The fraction of sp³-hybridized carbons (Fsp3) is 0.583. The van der Waals surface area contributed by atoms with Gasteiger partial charge in [-0.3, -0.25) is 14.6 Å². The van der Waals surface area contributed by atoms with Crippen molar-refractivity contribution in [3.05, 3.63) is 11.1 Å². The summed E-state index contributed by atoms with van der Waals surface area (Å²) >= 11 is 0. The predicted octanol–water partition coefficient (Wildman–Crippen LogP) is 0.675. The summed E-state index contributed by atoms with van der Waals surface area (Å²) in [7, 11) is 0. The van der Waals surface area contributed by atoms with E-state index in [1.165, 1.54) is 13.1 Å². The van der Waals surface area contributed by atoms with Crippen LogP contribution in [0.2, 0.25) is 0 Å². The number of Topliss-reactive ketones (excluding diaryl/α,β-unsaturated/α-hetero) is 1. The fourth-order valence-electron chi connectivity index (χ4n) is 1.99. The molecule has 0 aliphatic carbocycles. The third-order valence-electron chi connectivity index (χ3n) is 2.90. The van der Waals surface area contributed by atoms with E-state index >= 15 is 0 Å². The average molecular weight is 237 g/mol. The minimum atomic E-state index is -0.761. The maximum absolute atomic E-state index is 11.5. The van der Waals surface area contributed by atoms with Gasteiger partial charge in [0.05, 0.1) is 6.61 Å². The number of carbonyl (C=O) groups is 2. The second-order valence-electron chi connectivity index (χ2n) is 4.66. The first-order chi connectivity index (χ1) is 7.94. The standard InChI is InChI=1S/C12H15NO4/c1-7(15)10-11-9(8(5-14)4-13-10)6-16-12(2,3)17-11/h4-5,10-11H,6H2,1-3H3. The molecule has 0 spiro atoms. The van der Waals surface area contributed by atoms with Crippen LogP contribution in [0.15, 0.2) is 16.1 Å². The van der Waals surface area contributed by atoms with Crippen LogP contribution in [0, 0.1) is 0 Å². The summed E-state index contributed by atoms with van der Waals surface area (Å²) in [5.41, 5.74) is 1.15. The molecule has 0 N–H and O–H groups in total. The molecule has 17 heavy (non-hydrogen) atoms. The Balaban J connectivity index is 2.38. The summed E-state index contributed by atoms with van der Waals surface area (Å²) in [5.74, 6) is -0.839. The number of carbonyl (C=O) groups excluding carboxylic acids is 2. The van der Waals surface area contributed by atoms with E-state index < -0.39 is 17.9 Å². The Kier molecular flexibility index (Phi) is 2.97. The van der Waals surface area contributed by atoms with Gasteiger partial charge >= 0.3 is 0 Å². The van der Waals surface area contributed by atoms with Gasteiger partial charge in [-0.15, -0.1) is 0 Å². The van der Waals surface area contributed by atoms with Gasteiger partial charge in [0, 0.05) is 11.8 Å². The molecule has 2 heterocycles. The van der Waals surface area contributed by atoms with Crippen molar-refractivity contribution in [2.45, 2.75) is 38.7 Å². The number of ether oxygens (including phenoxy) is 2. The Morgan fingerprint density at radius 3 is 2.88 bits per heavy atom. The lowest BCUT2D eigenvalue weighted by molar-refractivity contribution is -0.254. The van der Waals surface area contributed by atoms with E-state index in [1.807, 2.05) is 0 Å². The molecule has 92 valence electrons. The van der Waals surface area contributed by atoms with Crippen LogP contribution >= 0.6 is 0 Å². The third-order valence-corrected chi connectivity index (χ3v) is 2.90. The highest BCUT2D eigenvalue weighted by Crippen LogP contribution is 2.32. The molecule has 0 aromatic rings. The van der Waals surface area contributed by atoms with Gasteiger partial charge in [0.25, 0.3) is 0 Å². The van der Waals surface area contributed by atoms with Crippen molar-refractivity contribution in [2.75, 3.05) is 6.61 Å². The lowest BCUT2D eigenvalue weighted by Crippen LogP contribution is -2.50. The highest BCUT2D eigenvalue weighted by molar-refractivity contribution is 6.05. The molecule has 2 atom stereocenters. The molecule has 5 heteroatoms. The number of aldehydes is 1. The summed E-state index contributed by atoms with van der Waals surface area (Å²) in [6.07, 6.45) is 1.66. The SMILES string of the molecule is CC(=O)C1N=CC(C=O)=C2COC(C)(C)OC21. The molecule has 0 aromatic carbocycles. The zero-order valence-corrected chi connectivity index (χ0v) is 10.1. The topological polar surface area (TPSA) is 65.0 Å². The monoisotopic (exact) mass is 237 g/mol. The number of dihydropyridines is 1. The average Bonchev–Trinajstić information content (AvgIpc) is 2.25. The number of hydrogen-bond donors (Lipinski definition) is 0. The van der Waals surface area contributed by atoms with Crippen molar-refractivity contribution >= 4 is 18.3 Å². The van der Waals surface area contributed by atoms with Crippen LogP contribution in [0.5, 0.6) is 0 Å². The number of aliphatic imine (C=N–C) groups is 1. The molecule has 0 amide bonds. The highest BCUT2D eigenvalue weighted by atomic mass is 16.7. The molecule has 0 radical (unpaired) electrons. The van der Waals surface area contributed by atoms with Crippen LogP contribution in [0.4, 0.5) is 0 Å². The smallest absolute Gasteiger partial charge is 0.164 e. The van der Waals surface area contributed by atoms with E-state index in [1.54, 1.807) is 13.8 Å². The minimum Gasteiger partial charge on any atom is -0.346 e. The maximum atomic E-state index is 11.5. The van der Waals surface area contributed by atoms with E-state index in [4.69, 9.17) is 9.47 Å². The van der Waals surface area contributed by atoms with Gasteiger partial charge in [0.1, 0.15) is 12.1 Å². The number of fused-ring (bicyclic) bond motifs is 1. The zero-order chi connectivity index (χ0) is 12.6. The van der Waals surface area contributed by atoms with E-state index in [0.29, 0.717) is 24.0 Å². The summed E-state index contributed by atoms with van der Waals surface area (Å²) in [4.78, 5) is 26.5. The first kappa shape index (κ1) is 12.1. The molecule has 5 nitrogen and oxygen atoms in total. The van der Waals surface area contributed by atoms with Crippen molar-refractivity contribution in [2.24, 2.45) is 4.99 Å². The number of allylic oxidation sites excluding steroid dienone is 1. The number of hydrogen-bond acceptors (Lipinski definition) is 5. The van der Waals surface area contributed by atoms with Gasteiger partial charge in [-0.1, -0.05) is 0 Å². The van der Waals surface area contributed by atoms with E-state index in [-0.39, 0.29) is 5.78 Å². The Labute approximate surface area is 99.5 Å². The quantitative estimate of drug-likeness (QED) is 0.662. The van der Waals surface area contributed by atoms with Crippen molar-refractivity contribution in [1.29, 1.82) is 0 Å². The Hall–Kier alpha value is -1.33. The van der Waals surface area contributed by atoms with Crippen LogP contribution in [0.3, 0.4) is 0 Å². The molecular formula is C12H15NO4. The summed E-state index contributed by atoms with van der Waals surface area (Å²) in [6.45, 7) is 5.32. The van der Waals surface area contributed by atoms with E-state index in [0.717, 1.165) is 0 Å². The number of ketones is 1. The first-order valence-corrected chi connectivity index (χ1v) is 5.48. The summed E-state index contributed by atoms with van der Waals surface area (Å²) in [6, 6.07) is -0.572. The van der Waals surface area contributed by atoms with Gasteiger partial charge in [0.15, 0.2) is 17.9 Å². The van der Waals surface area contributed by atoms with Gasteiger partial charge in [-0.25, -0.2) is 0 Å². The second-order valence-corrected chi connectivity index (χ2v) is 4.66. The molecule has 2 rings (SSSR count). The molecule has 0 bridgehead atoms. The van der Waals surface area contributed by atoms with Crippen LogP contribution in [0.1, 0.15) is 20.8 Å². The van der Waals surface area contributed by atoms with Crippen LogP contribution in [-0.4, -0.2) is 42.8 Å². The van der Waals surface area contributed by atoms with Crippen molar-refractivity contribution < 1.29 is 19.1 Å². The Morgan fingerprint density at radius 2 is 2.29 bits per heavy atom. The maximum Gasteiger partial charge on any atom is 0.164 e. The molecule has 0 saturated carbocycles. The number of rotatable bonds is 2. The van der Waals surface area contributed by atoms with Crippen LogP contribution in [0.25, 0.3) is 0 Å². The molecular weight excluding hydrogens is 222 g/mol. The minimum absolute atomic E-state index is 0.0774. The third kappa shape index (κ3) is 2.21. The predicted molar refractivity (Wildman–Crippen MR) is 61.0 cm³/mol. The molecule has 1 saturated heterocycles. The van der Waals surface area contributed by atoms with E-state index in [9.17, 15) is 9.59 Å². The fourth-order valence-corrected chi connectivity index (χ4v) is 1.99. The summed E-state index contributed by atoms with van der Waals surface area (Å²) < 4.78 is 11.2. The largest absolute Gasteiger partial charge is 0.346 e. The van der Waals surface area contributed by atoms with Crippen molar-refractivity contribution in [3.63, 3.8) is 0 Å². The lowest BCUT2D eigenvalue weighted by atomic mass is 9.92. The molecule has 2 unspecified atom stereocenters. The zero-order valence-electron chi connectivity index (χ0n) is 10.1. The van der Waals surface area contributed by atoms with Crippen molar-refractivity contribution in [3.8, 4) is 0 Å². The lowest BCUT2D eigenvalue weighted by Gasteiger charge is -2.41.